The van der Waals surface area contributed by atoms with Gasteiger partial charge in [-0.05, 0) is 61.7 Å². The number of carbonyl (C=O) groups excluding carboxylic acids is 1. The second-order valence-corrected chi connectivity index (χ2v) is 8.08. The van der Waals surface area contributed by atoms with Crippen LogP contribution < -0.4 is 15.0 Å². The summed E-state index contributed by atoms with van der Waals surface area (Å²) in [6.45, 7) is 3.86. The average Bonchev–Trinajstić information content (AvgIpc) is 3.14. The van der Waals surface area contributed by atoms with Gasteiger partial charge < -0.3 is 15.0 Å². The number of nitrogens with one attached hydrogen (secondary N) is 1. The molecule has 4 rings (SSSR count). The molecule has 0 saturated carbocycles. The minimum absolute atomic E-state index is 0.0784. The van der Waals surface area contributed by atoms with Gasteiger partial charge in [0.05, 0.1) is 18.7 Å². The van der Waals surface area contributed by atoms with Gasteiger partial charge in [-0.3, -0.25) is 9.69 Å². The lowest BCUT2D eigenvalue weighted by atomic mass is 9.98. The second-order valence-electron chi connectivity index (χ2n) is 8.08. The second kappa shape index (κ2) is 8.87. The molecule has 1 atom stereocenters. The van der Waals surface area contributed by atoms with Gasteiger partial charge >= 0.3 is 0 Å². The van der Waals surface area contributed by atoms with Gasteiger partial charge in [-0.1, -0.05) is 30.7 Å². The van der Waals surface area contributed by atoms with Gasteiger partial charge in [-0.15, -0.1) is 0 Å². The fraction of sp³-hybridized carbons (Fsp3) is 0.458. The number of benzene rings is 2. The Kier molecular flexibility index (Phi) is 6.05. The molecule has 154 valence electrons. The van der Waals surface area contributed by atoms with Crippen LogP contribution in [0.5, 0.6) is 5.75 Å². The number of hydrogen-bond acceptors (Lipinski definition) is 4. The molecule has 2 aromatic rings. The fourth-order valence-corrected chi connectivity index (χ4v) is 4.60. The Morgan fingerprint density at radius 2 is 1.90 bits per heavy atom. The molecular formula is C24H31N3O2. The highest BCUT2D eigenvalue weighted by molar-refractivity contribution is 5.96. The molecule has 0 aliphatic carbocycles. The summed E-state index contributed by atoms with van der Waals surface area (Å²) in [5.74, 6) is 0.533. The number of likely N-dealkylation sites (tertiary alicyclic amines) is 1. The third-order valence-corrected chi connectivity index (χ3v) is 6.26. The maximum absolute atomic E-state index is 12.9. The molecule has 2 heterocycles. The number of nitrogens with zero attached hydrogens (tertiary/aromatic N) is 2. The molecule has 1 saturated heterocycles. The van der Waals surface area contributed by atoms with E-state index >= 15 is 0 Å². The molecule has 5 heteroatoms. The van der Waals surface area contributed by atoms with Crippen molar-refractivity contribution in [1.82, 2.24) is 10.2 Å². The molecular weight excluding hydrogens is 362 g/mol. The van der Waals surface area contributed by atoms with Crippen molar-refractivity contribution in [2.45, 2.75) is 31.7 Å². The summed E-state index contributed by atoms with van der Waals surface area (Å²) in [7, 11) is 3.76. The van der Waals surface area contributed by atoms with Gasteiger partial charge in [-0.25, -0.2) is 0 Å². The molecule has 29 heavy (non-hydrogen) atoms. The number of hydrogen-bond donors (Lipinski definition) is 1. The van der Waals surface area contributed by atoms with Crippen molar-refractivity contribution in [1.29, 1.82) is 0 Å². The first-order valence-corrected chi connectivity index (χ1v) is 10.7. The standard InChI is InChI=1S/C24H31N3O2/c1-26-15-12-19-16-18(10-11-21(19)26)22(27-13-6-3-7-14-27)17-25-24(28)20-8-4-5-9-23(20)29-2/h4-5,8-11,16,22H,3,6-7,12-15,17H2,1-2H3,(H,25,28). The van der Waals surface area contributed by atoms with Crippen LogP contribution >= 0.6 is 0 Å². The molecule has 0 spiro atoms. The van der Waals surface area contributed by atoms with E-state index in [1.165, 1.54) is 36.1 Å². The minimum Gasteiger partial charge on any atom is -0.496 e. The summed E-state index contributed by atoms with van der Waals surface area (Å²) in [5, 5.41) is 3.18. The van der Waals surface area contributed by atoms with Crippen LogP contribution in [0.15, 0.2) is 42.5 Å². The third kappa shape index (κ3) is 4.25. The van der Waals surface area contributed by atoms with Crippen molar-refractivity contribution in [3.8, 4) is 5.75 Å². The Labute approximate surface area is 173 Å². The summed E-state index contributed by atoms with van der Waals surface area (Å²) in [6.07, 6.45) is 4.85. The van der Waals surface area contributed by atoms with E-state index in [2.05, 4.69) is 40.4 Å². The first kappa shape index (κ1) is 19.8. The van der Waals surface area contributed by atoms with Gasteiger partial charge in [0, 0.05) is 25.8 Å². The summed E-state index contributed by atoms with van der Waals surface area (Å²) in [4.78, 5) is 17.7. The normalized spacial score (nSPS) is 17.7. The van der Waals surface area contributed by atoms with Crippen LogP contribution in [0.3, 0.4) is 0 Å². The first-order valence-electron chi connectivity index (χ1n) is 10.7. The third-order valence-electron chi connectivity index (χ3n) is 6.26. The van der Waals surface area contributed by atoms with Crippen LogP contribution in [0.2, 0.25) is 0 Å². The van der Waals surface area contributed by atoms with E-state index in [9.17, 15) is 4.79 Å². The number of anilines is 1. The predicted octanol–water partition coefficient (Wildman–Crippen LogP) is 3.64. The smallest absolute Gasteiger partial charge is 0.255 e. The van der Waals surface area contributed by atoms with E-state index in [1.54, 1.807) is 7.11 Å². The number of fused-ring (bicyclic) bond motifs is 1. The molecule has 0 bridgehead atoms. The van der Waals surface area contributed by atoms with E-state index in [0.29, 0.717) is 17.9 Å². The highest BCUT2D eigenvalue weighted by Crippen LogP contribution is 2.32. The molecule has 1 fully saturated rings. The van der Waals surface area contributed by atoms with Gasteiger partial charge in [0.25, 0.3) is 5.91 Å². The van der Waals surface area contributed by atoms with Crippen molar-refractivity contribution in [2.24, 2.45) is 0 Å². The number of methoxy groups -OCH3 is 1. The molecule has 1 amide bonds. The highest BCUT2D eigenvalue weighted by Gasteiger charge is 2.25. The number of amides is 1. The van der Waals surface area contributed by atoms with E-state index in [-0.39, 0.29) is 11.9 Å². The van der Waals surface area contributed by atoms with E-state index in [1.807, 2.05) is 24.3 Å². The molecule has 1 N–H and O–H groups in total. The molecule has 2 aromatic carbocycles. The maximum atomic E-state index is 12.9. The largest absolute Gasteiger partial charge is 0.496 e. The van der Waals surface area contributed by atoms with Crippen LogP contribution in [0.4, 0.5) is 5.69 Å². The minimum atomic E-state index is -0.0784. The molecule has 5 nitrogen and oxygen atoms in total. The molecule has 0 radical (unpaired) electrons. The number of rotatable bonds is 6. The van der Waals surface area contributed by atoms with Crippen LogP contribution in [-0.4, -0.2) is 51.1 Å². The zero-order chi connectivity index (χ0) is 20.2. The molecule has 0 aromatic heterocycles. The van der Waals surface area contributed by atoms with Crippen LogP contribution in [0.1, 0.15) is 46.8 Å². The lowest BCUT2D eigenvalue weighted by Gasteiger charge is -2.35. The summed E-state index contributed by atoms with van der Waals surface area (Å²) in [6, 6.07) is 14.4. The number of carbonyl (C=O) groups is 1. The van der Waals surface area contributed by atoms with Crippen molar-refractivity contribution < 1.29 is 9.53 Å². The Hall–Kier alpha value is -2.53. The number of para-hydroxylation sites is 1. The SMILES string of the molecule is COc1ccccc1C(=O)NCC(c1ccc2c(c1)CCN2C)N1CCCCC1. The Bertz CT molecular complexity index is 861. The Balaban J connectivity index is 1.54. The Morgan fingerprint density at radius 3 is 2.69 bits per heavy atom. The van der Waals surface area contributed by atoms with Gasteiger partial charge in [0.2, 0.25) is 0 Å². The van der Waals surface area contributed by atoms with Gasteiger partial charge in [0.15, 0.2) is 0 Å². The lowest BCUT2D eigenvalue weighted by molar-refractivity contribution is 0.0921. The Morgan fingerprint density at radius 1 is 1.10 bits per heavy atom. The van der Waals surface area contributed by atoms with Gasteiger partial charge in [-0.2, -0.15) is 0 Å². The van der Waals surface area contributed by atoms with Crippen LogP contribution in [0.25, 0.3) is 0 Å². The monoisotopic (exact) mass is 393 g/mol. The molecule has 2 aliphatic rings. The summed E-state index contributed by atoms with van der Waals surface area (Å²) >= 11 is 0. The number of piperidine rings is 1. The van der Waals surface area contributed by atoms with Crippen molar-refractivity contribution >= 4 is 11.6 Å². The zero-order valence-corrected chi connectivity index (χ0v) is 17.5. The quantitative estimate of drug-likeness (QED) is 0.814. The van der Waals surface area contributed by atoms with Crippen LogP contribution in [-0.2, 0) is 6.42 Å². The summed E-state index contributed by atoms with van der Waals surface area (Å²) in [5.41, 5.74) is 4.65. The van der Waals surface area contributed by atoms with Gasteiger partial charge in [0.1, 0.15) is 5.75 Å². The maximum Gasteiger partial charge on any atom is 0.255 e. The highest BCUT2D eigenvalue weighted by atomic mass is 16.5. The lowest BCUT2D eigenvalue weighted by Crippen LogP contribution is -2.40. The zero-order valence-electron chi connectivity index (χ0n) is 17.5. The summed E-state index contributed by atoms with van der Waals surface area (Å²) < 4.78 is 5.36. The number of likely N-dealkylation sites (N-methyl/N-ethyl adjacent to an activating group) is 1. The van der Waals surface area contributed by atoms with Crippen molar-refractivity contribution in [2.75, 3.05) is 45.2 Å². The van der Waals surface area contributed by atoms with Crippen molar-refractivity contribution in [3.63, 3.8) is 0 Å². The van der Waals surface area contributed by atoms with E-state index in [0.717, 1.165) is 26.1 Å². The van der Waals surface area contributed by atoms with E-state index < -0.39 is 0 Å². The molecule has 1 unspecified atom stereocenters. The topological polar surface area (TPSA) is 44.8 Å². The van der Waals surface area contributed by atoms with Crippen molar-refractivity contribution in [3.05, 3.63) is 59.2 Å². The predicted molar refractivity (Wildman–Crippen MR) is 117 cm³/mol. The molecule has 2 aliphatic heterocycles. The fourth-order valence-electron chi connectivity index (χ4n) is 4.60. The average molecular weight is 394 g/mol. The first-order chi connectivity index (χ1) is 14.2. The number of ether oxygens (including phenoxy) is 1. The van der Waals surface area contributed by atoms with E-state index in [4.69, 9.17) is 4.74 Å². The van der Waals surface area contributed by atoms with Crippen LogP contribution in [0, 0.1) is 0 Å².